The molecular weight excluding hydrogens is 436 g/mol. The average molecular weight is 451 g/mol. The summed E-state index contributed by atoms with van der Waals surface area (Å²) in [7, 11) is 0. The summed E-state index contributed by atoms with van der Waals surface area (Å²) in [5.41, 5.74) is 5.99. The highest BCUT2D eigenvalue weighted by Crippen LogP contribution is 2.34. The maximum atomic E-state index is 12.8. The molecule has 2 aromatic heterocycles. The van der Waals surface area contributed by atoms with Crippen molar-refractivity contribution in [2.75, 3.05) is 0 Å². The number of aromatic carboxylic acids is 1. The quantitative estimate of drug-likeness (QED) is 0.267. The fraction of sp³-hybridized carbons (Fsp3) is 0. The van der Waals surface area contributed by atoms with Gasteiger partial charge in [0.05, 0.1) is 6.21 Å². The van der Waals surface area contributed by atoms with Crippen LogP contribution in [0.2, 0.25) is 0 Å². The van der Waals surface area contributed by atoms with Gasteiger partial charge in [-0.1, -0.05) is 46.3 Å². The van der Waals surface area contributed by atoms with Gasteiger partial charge in [0.25, 0.3) is 5.91 Å². The summed E-state index contributed by atoms with van der Waals surface area (Å²) in [4.78, 5) is 29.5. The van der Waals surface area contributed by atoms with E-state index in [9.17, 15) is 9.59 Å². The zero-order chi connectivity index (χ0) is 20.4. The van der Waals surface area contributed by atoms with Gasteiger partial charge in [0, 0.05) is 32.7 Å². The van der Waals surface area contributed by atoms with Crippen molar-refractivity contribution in [3.05, 3.63) is 82.2 Å². The van der Waals surface area contributed by atoms with Crippen molar-refractivity contribution < 1.29 is 14.7 Å². The van der Waals surface area contributed by atoms with E-state index in [-0.39, 0.29) is 5.69 Å². The lowest BCUT2D eigenvalue weighted by molar-refractivity contribution is 0.0691. The number of hydrazone groups is 1. The summed E-state index contributed by atoms with van der Waals surface area (Å²) >= 11 is 3.48. The molecule has 0 fully saturated rings. The second kappa shape index (κ2) is 7.76. The van der Waals surface area contributed by atoms with Crippen molar-refractivity contribution >= 4 is 44.9 Å². The topological polar surface area (TPSA) is 110 Å². The molecule has 0 aliphatic carbocycles. The molecular formula is C21H15BrN4O3. The third kappa shape index (κ3) is 3.83. The molecule has 0 radical (unpaired) electrons. The first-order chi connectivity index (χ1) is 14.0. The Kier molecular flexibility index (Phi) is 5.01. The van der Waals surface area contributed by atoms with Gasteiger partial charge in [-0.05, 0) is 29.8 Å². The van der Waals surface area contributed by atoms with Gasteiger partial charge in [0.2, 0.25) is 0 Å². The van der Waals surface area contributed by atoms with Gasteiger partial charge in [0.15, 0.2) is 0 Å². The van der Waals surface area contributed by atoms with Gasteiger partial charge < -0.3 is 15.1 Å². The van der Waals surface area contributed by atoms with Crippen molar-refractivity contribution in [2.24, 2.45) is 5.10 Å². The lowest BCUT2D eigenvalue weighted by Crippen LogP contribution is -2.18. The zero-order valence-electron chi connectivity index (χ0n) is 14.9. The maximum absolute atomic E-state index is 12.8. The Morgan fingerprint density at radius 3 is 2.62 bits per heavy atom. The number of carbonyl (C=O) groups is 2. The fourth-order valence-electron chi connectivity index (χ4n) is 3.07. The molecule has 4 N–H and O–H groups in total. The number of rotatable bonds is 5. The van der Waals surface area contributed by atoms with Crippen LogP contribution >= 0.6 is 15.9 Å². The Balaban J connectivity index is 1.66. The zero-order valence-corrected chi connectivity index (χ0v) is 16.5. The van der Waals surface area contributed by atoms with E-state index in [2.05, 4.69) is 36.4 Å². The number of nitrogens with zero attached hydrogens (tertiary/aromatic N) is 1. The molecule has 0 saturated heterocycles. The molecule has 0 atom stereocenters. The normalized spacial score (nSPS) is 11.2. The maximum Gasteiger partial charge on any atom is 0.352 e. The van der Waals surface area contributed by atoms with Crippen LogP contribution in [0, 0.1) is 0 Å². The fourth-order valence-corrected chi connectivity index (χ4v) is 3.43. The third-order valence-electron chi connectivity index (χ3n) is 4.37. The summed E-state index contributed by atoms with van der Waals surface area (Å²) in [5, 5.41) is 13.8. The van der Waals surface area contributed by atoms with Gasteiger partial charge in [0.1, 0.15) is 11.4 Å². The molecule has 0 spiro atoms. The van der Waals surface area contributed by atoms with Crippen molar-refractivity contribution in [1.29, 1.82) is 0 Å². The summed E-state index contributed by atoms with van der Waals surface area (Å²) < 4.78 is 0.910. The number of aromatic nitrogens is 2. The number of amides is 1. The molecule has 0 aliphatic heterocycles. The largest absolute Gasteiger partial charge is 0.477 e. The van der Waals surface area contributed by atoms with Crippen molar-refractivity contribution in [3.8, 4) is 11.1 Å². The molecule has 1 amide bonds. The van der Waals surface area contributed by atoms with Crippen LogP contribution in [0.4, 0.5) is 0 Å². The second-order valence-electron chi connectivity index (χ2n) is 6.28. The molecule has 0 aliphatic rings. The number of benzene rings is 2. The van der Waals surface area contributed by atoms with Crippen LogP contribution in [0.3, 0.4) is 0 Å². The van der Waals surface area contributed by atoms with E-state index in [0.29, 0.717) is 11.3 Å². The minimum Gasteiger partial charge on any atom is -0.477 e. The van der Waals surface area contributed by atoms with E-state index in [0.717, 1.165) is 26.5 Å². The van der Waals surface area contributed by atoms with E-state index >= 15 is 0 Å². The van der Waals surface area contributed by atoms with E-state index in [4.69, 9.17) is 5.11 Å². The molecule has 0 bridgehead atoms. The lowest BCUT2D eigenvalue weighted by atomic mass is 10.0. The summed E-state index contributed by atoms with van der Waals surface area (Å²) in [5.74, 6) is -1.47. The highest BCUT2D eigenvalue weighted by atomic mass is 79.9. The number of carbonyl (C=O) groups excluding carboxylic acids is 1. The van der Waals surface area contributed by atoms with E-state index in [1.165, 1.54) is 18.5 Å². The van der Waals surface area contributed by atoms with Crippen LogP contribution in [-0.2, 0) is 0 Å². The molecule has 0 saturated carbocycles. The number of nitrogens with one attached hydrogen (secondary N) is 3. The van der Waals surface area contributed by atoms with Crippen molar-refractivity contribution in [3.63, 3.8) is 0 Å². The minimum absolute atomic E-state index is 0.0466. The Morgan fingerprint density at radius 2 is 1.90 bits per heavy atom. The molecule has 29 heavy (non-hydrogen) atoms. The van der Waals surface area contributed by atoms with Gasteiger partial charge in [-0.25, -0.2) is 10.2 Å². The number of aromatic amines is 2. The molecule has 0 unspecified atom stereocenters. The Bertz CT molecular complexity index is 1240. The van der Waals surface area contributed by atoms with Crippen molar-refractivity contribution in [1.82, 2.24) is 15.4 Å². The highest BCUT2D eigenvalue weighted by molar-refractivity contribution is 9.10. The number of carboxylic acid groups (broad SMARTS) is 1. The summed E-state index contributed by atoms with van der Waals surface area (Å²) in [6, 6.07) is 16.8. The molecule has 2 aromatic carbocycles. The Morgan fingerprint density at radius 1 is 1.10 bits per heavy atom. The summed E-state index contributed by atoms with van der Waals surface area (Å²) in [6.07, 6.45) is 2.87. The number of hydrogen-bond donors (Lipinski definition) is 4. The molecule has 7 nitrogen and oxygen atoms in total. The number of fused-ring (bicyclic) bond motifs is 1. The van der Waals surface area contributed by atoms with Crippen molar-refractivity contribution in [2.45, 2.75) is 0 Å². The number of hydrogen-bond acceptors (Lipinski definition) is 3. The first-order valence-electron chi connectivity index (χ1n) is 8.64. The lowest BCUT2D eigenvalue weighted by Gasteiger charge is -2.04. The van der Waals surface area contributed by atoms with Gasteiger partial charge in [-0.3, -0.25) is 4.79 Å². The smallest absolute Gasteiger partial charge is 0.352 e. The van der Waals surface area contributed by atoms with E-state index in [1.54, 1.807) is 0 Å². The van der Waals surface area contributed by atoms with Gasteiger partial charge in [-0.15, -0.1) is 0 Å². The standard InChI is InChI=1S/C21H15BrN4O3/c22-14-6-7-16-15(9-14)18(13-4-2-1-3-5-13)19(25-16)20(27)26-24-11-12-8-17(21(28)29)23-10-12/h1-11,23,25H,(H,26,27)(H,28,29)/b24-11+. The molecule has 2 heterocycles. The minimum atomic E-state index is -1.06. The average Bonchev–Trinajstić information content (AvgIpc) is 3.33. The first kappa shape index (κ1) is 18.7. The molecule has 8 heteroatoms. The van der Waals surface area contributed by atoms with Crippen LogP contribution in [-0.4, -0.2) is 33.2 Å². The Hall–Kier alpha value is -3.65. The van der Waals surface area contributed by atoms with Crippen LogP contribution in [0.1, 0.15) is 26.5 Å². The van der Waals surface area contributed by atoms with Crippen LogP contribution in [0.5, 0.6) is 0 Å². The summed E-state index contributed by atoms with van der Waals surface area (Å²) in [6.45, 7) is 0. The molecule has 4 rings (SSSR count). The molecule has 4 aromatic rings. The van der Waals surface area contributed by atoms with E-state index in [1.807, 2.05) is 48.5 Å². The predicted octanol–water partition coefficient (Wildman–Crippen LogP) is 4.39. The SMILES string of the molecule is O=C(O)c1cc(/C=N/NC(=O)c2[nH]c3ccc(Br)cc3c2-c2ccccc2)c[nH]1. The first-order valence-corrected chi connectivity index (χ1v) is 9.44. The second-order valence-corrected chi connectivity index (χ2v) is 7.20. The van der Waals surface area contributed by atoms with Crippen LogP contribution in [0.15, 0.2) is 70.4 Å². The third-order valence-corrected chi connectivity index (χ3v) is 4.86. The molecule has 144 valence electrons. The number of H-pyrrole nitrogens is 2. The van der Waals surface area contributed by atoms with Crippen LogP contribution in [0.25, 0.3) is 22.0 Å². The monoisotopic (exact) mass is 450 g/mol. The number of carboxylic acids is 1. The van der Waals surface area contributed by atoms with Crippen LogP contribution < -0.4 is 5.43 Å². The van der Waals surface area contributed by atoms with Gasteiger partial charge in [-0.2, -0.15) is 5.10 Å². The van der Waals surface area contributed by atoms with E-state index < -0.39 is 11.9 Å². The number of halogens is 1. The highest BCUT2D eigenvalue weighted by Gasteiger charge is 2.19. The predicted molar refractivity (Wildman–Crippen MR) is 114 cm³/mol. The Labute approximate surface area is 173 Å². The van der Waals surface area contributed by atoms with Gasteiger partial charge >= 0.3 is 5.97 Å².